The molecule has 2 rings (SSSR count). The summed E-state index contributed by atoms with van der Waals surface area (Å²) in [7, 11) is 0. The van der Waals surface area contributed by atoms with Gasteiger partial charge in [0.15, 0.2) is 5.16 Å². The number of aryl methyl sites for hydroxylation is 1. The molecular formula is C12H11BrN2O2S. The Morgan fingerprint density at radius 3 is 2.89 bits per heavy atom. The number of aromatic nitrogens is 2. The summed E-state index contributed by atoms with van der Waals surface area (Å²) in [5.74, 6) is 0. The van der Waals surface area contributed by atoms with Crippen LogP contribution in [0.3, 0.4) is 0 Å². The summed E-state index contributed by atoms with van der Waals surface area (Å²) in [6.45, 7) is 1.71. The number of nitrogens with one attached hydrogen (secondary N) is 1. The van der Waals surface area contributed by atoms with E-state index in [9.17, 15) is 9.90 Å². The highest BCUT2D eigenvalue weighted by Crippen LogP contribution is 2.29. The number of aliphatic hydroxyl groups is 1. The van der Waals surface area contributed by atoms with Crippen LogP contribution in [0.15, 0.2) is 43.6 Å². The zero-order valence-corrected chi connectivity index (χ0v) is 12.0. The standard InChI is InChI=1S/C12H11BrN2O2S/c1-7-4-11(17)15-12(14-7)18-10-3-2-9(13)5-8(10)6-16/h2-5,16H,6H2,1H3,(H,14,15,17). The lowest BCUT2D eigenvalue weighted by Crippen LogP contribution is -2.08. The Bertz CT molecular complexity index is 628. The van der Waals surface area contributed by atoms with Gasteiger partial charge in [-0.25, -0.2) is 4.98 Å². The van der Waals surface area contributed by atoms with Crippen LogP contribution in [0, 0.1) is 6.92 Å². The predicted molar refractivity (Wildman–Crippen MR) is 73.8 cm³/mol. The van der Waals surface area contributed by atoms with E-state index in [1.54, 1.807) is 6.92 Å². The van der Waals surface area contributed by atoms with Gasteiger partial charge in [0.2, 0.25) is 0 Å². The minimum absolute atomic E-state index is 0.0577. The van der Waals surface area contributed by atoms with Crippen molar-refractivity contribution in [2.75, 3.05) is 0 Å². The van der Waals surface area contributed by atoms with Crippen LogP contribution >= 0.6 is 27.7 Å². The third kappa shape index (κ3) is 3.22. The van der Waals surface area contributed by atoms with Crippen molar-refractivity contribution in [2.24, 2.45) is 0 Å². The Labute approximate surface area is 117 Å². The normalized spacial score (nSPS) is 10.6. The van der Waals surface area contributed by atoms with Crippen LogP contribution in [0.5, 0.6) is 0 Å². The lowest BCUT2D eigenvalue weighted by atomic mass is 10.2. The van der Waals surface area contributed by atoms with Gasteiger partial charge in [-0.1, -0.05) is 27.7 Å². The van der Waals surface area contributed by atoms with Gasteiger partial charge in [0.1, 0.15) is 0 Å². The van der Waals surface area contributed by atoms with Gasteiger partial charge in [0.05, 0.1) is 6.61 Å². The number of halogens is 1. The Morgan fingerprint density at radius 2 is 2.22 bits per heavy atom. The summed E-state index contributed by atoms with van der Waals surface area (Å²) >= 11 is 4.68. The Balaban J connectivity index is 2.36. The van der Waals surface area contributed by atoms with Crippen LogP contribution in [0.4, 0.5) is 0 Å². The average molecular weight is 327 g/mol. The van der Waals surface area contributed by atoms with E-state index < -0.39 is 0 Å². The van der Waals surface area contributed by atoms with Crippen molar-refractivity contribution in [1.82, 2.24) is 9.97 Å². The van der Waals surface area contributed by atoms with E-state index >= 15 is 0 Å². The molecule has 0 spiro atoms. The number of H-pyrrole nitrogens is 1. The van der Waals surface area contributed by atoms with Crippen molar-refractivity contribution in [2.45, 2.75) is 23.6 Å². The maximum atomic E-state index is 11.3. The number of aromatic amines is 1. The molecule has 0 atom stereocenters. The summed E-state index contributed by atoms with van der Waals surface area (Å²) in [5, 5.41) is 9.83. The minimum atomic E-state index is -0.173. The van der Waals surface area contributed by atoms with E-state index in [2.05, 4.69) is 25.9 Å². The van der Waals surface area contributed by atoms with Crippen molar-refractivity contribution in [3.8, 4) is 0 Å². The summed E-state index contributed by atoms with van der Waals surface area (Å²) in [6.07, 6.45) is 0. The summed E-state index contributed by atoms with van der Waals surface area (Å²) in [5.41, 5.74) is 1.29. The van der Waals surface area contributed by atoms with Crippen molar-refractivity contribution in [3.63, 3.8) is 0 Å². The van der Waals surface area contributed by atoms with Crippen LogP contribution in [-0.4, -0.2) is 15.1 Å². The molecule has 0 amide bonds. The number of aliphatic hydroxyl groups excluding tert-OH is 1. The quantitative estimate of drug-likeness (QED) is 0.850. The third-order valence-electron chi connectivity index (χ3n) is 2.25. The van der Waals surface area contributed by atoms with Crippen molar-refractivity contribution in [3.05, 3.63) is 50.3 Å². The zero-order valence-electron chi connectivity index (χ0n) is 9.61. The van der Waals surface area contributed by atoms with Gasteiger partial charge < -0.3 is 10.1 Å². The molecule has 94 valence electrons. The zero-order chi connectivity index (χ0) is 13.1. The van der Waals surface area contributed by atoms with Crippen LogP contribution < -0.4 is 5.56 Å². The number of hydrogen-bond donors (Lipinski definition) is 2. The van der Waals surface area contributed by atoms with E-state index in [0.29, 0.717) is 10.9 Å². The summed E-state index contributed by atoms with van der Waals surface area (Å²) in [6, 6.07) is 7.05. The van der Waals surface area contributed by atoms with E-state index in [-0.39, 0.29) is 12.2 Å². The molecule has 0 aliphatic rings. The summed E-state index contributed by atoms with van der Waals surface area (Å²) in [4.78, 5) is 19.1. The second-order valence-electron chi connectivity index (χ2n) is 3.70. The molecule has 2 aromatic rings. The van der Waals surface area contributed by atoms with Crippen LogP contribution in [0.2, 0.25) is 0 Å². The number of rotatable bonds is 3. The fraction of sp³-hybridized carbons (Fsp3) is 0.167. The van der Waals surface area contributed by atoms with Gasteiger partial charge in [-0.05, 0) is 30.7 Å². The molecule has 0 saturated carbocycles. The first kappa shape index (κ1) is 13.3. The first-order valence-corrected chi connectivity index (χ1v) is 6.84. The second-order valence-corrected chi connectivity index (χ2v) is 5.65. The lowest BCUT2D eigenvalue weighted by Gasteiger charge is -2.07. The number of nitrogens with zero attached hydrogens (tertiary/aromatic N) is 1. The monoisotopic (exact) mass is 326 g/mol. The molecule has 0 fully saturated rings. The fourth-order valence-electron chi connectivity index (χ4n) is 1.48. The van der Waals surface area contributed by atoms with E-state index in [4.69, 9.17) is 0 Å². The molecular weight excluding hydrogens is 316 g/mol. The molecule has 0 aliphatic carbocycles. The molecule has 1 aromatic heterocycles. The third-order valence-corrected chi connectivity index (χ3v) is 3.75. The average Bonchev–Trinajstić information content (AvgIpc) is 2.30. The topological polar surface area (TPSA) is 66.0 Å². The maximum Gasteiger partial charge on any atom is 0.251 e. The van der Waals surface area contributed by atoms with E-state index in [1.807, 2.05) is 18.2 Å². The highest BCUT2D eigenvalue weighted by atomic mass is 79.9. The van der Waals surface area contributed by atoms with Crippen LogP contribution in [0.1, 0.15) is 11.3 Å². The maximum absolute atomic E-state index is 11.3. The highest BCUT2D eigenvalue weighted by molar-refractivity contribution is 9.10. The van der Waals surface area contributed by atoms with Gasteiger partial charge in [0, 0.05) is 21.1 Å². The lowest BCUT2D eigenvalue weighted by molar-refractivity contribution is 0.279. The van der Waals surface area contributed by atoms with Crippen LogP contribution in [-0.2, 0) is 6.61 Å². The van der Waals surface area contributed by atoms with Gasteiger partial charge >= 0.3 is 0 Å². The van der Waals surface area contributed by atoms with Gasteiger partial charge in [0.25, 0.3) is 5.56 Å². The molecule has 1 heterocycles. The van der Waals surface area contributed by atoms with E-state index in [0.717, 1.165) is 14.9 Å². The fourth-order valence-corrected chi connectivity index (χ4v) is 2.82. The molecule has 0 unspecified atom stereocenters. The molecule has 0 radical (unpaired) electrons. The summed E-state index contributed by atoms with van der Waals surface area (Å²) < 4.78 is 0.904. The molecule has 18 heavy (non-hydrogen) atoms. The SMILES string of the molecule is Cc1cc(=O)[nH]c(Sc2ccc(Br)cc2CO)n1. The molecule has 0 saturated heterocycles. The molecule has 1 aromatic carbocycles. The number of hydrogen-bond acceptors (Lipinski definition) is 4. The Hall–Kier alpha value is -1.11. The smallest absolute Gasteiger partial charge is 0.251 e. The predicted octanol–water partition coefficient (Wildman–Crippen LogP) is 2.48. The second kappa shape index (κ2) is 5.69. The molecule has 0 aliphatic heterocycles. The molecule has 6 heteroatoms. The number of benzene rings is 1. The van der Waals surface area contributed by atoms with Gasteiger partial charge in [-0.2, -0.15) is 0 Å². The minimum Gasteiger partial charge on any atom is -0.392 e. The first-order valence-electron chi connectivity index (χ1n) is 5.23. The Morgan fingerprint density at radius 1 is 1.44 bits per heavy atom. The van der Waals surface area contributed by atoms with Crippen molar-refractivity contribution >= 4 is 27.7 Å². The Kier molecular flexibility index (Phi) is 4.21. The molecule has 4 nitrogen and oxygen atoms in total. The van der Waals surface area contributed by atoms with Crippen LogP contribution in [0.25, 0.3) is 0 Å². The largest absolute Gasteiger partial charge is 0.392 e. The molecule has 0 bridgehead atoms. The van der Waals surface area contributed by atoms with Gasteiger partial charge in [-0.3, -0.25) is 4.79 Å². The van der Waals surface area contributed by atoms with Crippen molar-refractivity contribution in [1.29, 1.82) is 0 Å². The highest BCUT2D eigenvalue weighted by Gasteiger charge is 2.07. The van der Waals surface area contributed by atoms with Gasteiger partial charge in [-0.15, -0.1) is 0 Å². The first-order chi connectivity index (χ1) is 8.58. The molecule has 2 N–H and O–H groups in total. The van der Waals surface area contributed by atoms with E-state index in [1.165, 1.54) is 17.8 Å². The van der Waals surface area contributed by atoms with Crippen molar-refractivity contribution < 1.29 is 5.11 Å².